The molecule has 0 amide bonds. The van der Waals surface area contributed by atoms with E-state index in [4.69, 9.17) is 11.6 Å². The summed E-state index contributed by atoms with van der Waals surface area (Å²) in [5, 5.41) is 0.690. The second-order valence-electron chi connectivity index (χ2n) is 3.31. The third kappa shape index (κ3) is 4.26. The summed E-state index contributed by atoms with van der Waals surface area (Å²) in [7, 11) is 0. The summed E-state index contributed by atoms with van der Waals surface area (Å²) >= 11 is 6.11. The Morgan fingerprint density at radius 1 is 1.11 bits per heavy atom. The van der Waals surface area contributed by atoms with E-state index in [1.165, 1.54) is 5.56 Å². The van der Waals surface area contributed by atoms with Gasteiger partial charge >= 0.3 is 0 Å². The maximum Gasteiger partial charge on any atom is 0.108 e. The summed E-state index contributed by atoms with van der Waals surface area (Å²) in [6, 6.07) is 3.99. The van der Waals surface area contributed by atoms with Crippen molar-refractivity contribution < 1.29 is 0 Å². The maximum absolute atomic E-state index is 6.11. The number of halogens is 1. The predicted molar refractivity (Wildman–Crippen MR) is 81.4 cm³/mol. The average Bonchev–Trinajstić information content (AvgIpc) is 2.44. The fourth-order valence-corrected chi connectivity index (χ4v) is 1.70. The molecule has 0 atom stereocenters. The van der Waals surface area contributed by atoms with Gasteiger partial charge in [0.25, 0.3) is 0 Å². The Bertz CT molecular complexity index is 481. The van der Waals surface area contributed by atoms with Gasteiger partial charge in [-0.2, -0.15) is 0 Å². The zero-order chi connectivity index (χ0) is 14.1. The van der Waals surface area contributed by atoms with Crippen LogP contribution >= 0.6 is 11.6 Å². The normalized spacial score (nSPS) is 9.06. The highest BCUT2D eigenvalue weighted by atomic mass is 35.5. The molecular weight excluding hydrogens is 244 g/mol. The first-order chi connectivity index (χ1) is 8.70. The first kappa shape index (κ1) is 16.9. The van der Waals surface area contributed by atoms with Crippen LogP contribution in [0.1, 0.15) is 45.9 Å². The zero-order valence-electron chi connectivity index (χ0n) is 12.2. The van der Waals surface area contributed by atoms with Crippen LogP contribution in [0, 0.1) is 6.92 Å². The molecule has 0 spiro atoms. The van der Waals surface area contributed by atoms with E-state index in [9.17, 15) is 0 Å². The molecule has 0 radical (unpaired) electrons. The fraction of sp³-hybridized carbons (Fsp3) is 0.467. The standard InChI is InChI=1S/C11H11ClN2.2C2H6/c1-3-8-4-9(12)11-10(5-8)13-6-7(2)14-11;2*1-2/h4-6H,3H2,1-2H3;2*1-2H3. The summed E-state index contributed by atoms with van der Waals surface area (Å²) in [4.78, 5) is 8.66. The largest absolute Gasteiger partial charge is 0.253 e. The van der Waals surface area contributed by atoms with Gasteiger partial charge in [-0.05, 0) is 31.0 Å². The lowest BCUT2D eigenvalue weighted by Crippen LogP contribution is -1.90. The molecule has 2 rings (SSSR count). The molecule has 0 saturated heterocycles. The van der Waals surface area contributed by atoms with Crippen molar-refractivity contribution in [1.29, 1.82) is 0 Å². The number of aryl methyl sites for hydroxylation is 2. The lowest BCUT2D eigenvalue weighted by atomic mass is 10.1. The molecule has 1 aromatic heterocycles. The minimum Gasteiger partial charge on any atom is -0.253 e. The van der Waals surface area contributed by atoms with Gasteiger partial charge in [-0.3, -0.25) is 4.98 Å². The molecule has 0 aliphatic carbocycles. The molecule has 18 heavy (non-hydrogen) atoms. The Morgan fingerprint density at radius 2 is 1.72 bits per heavy atom. The van der Waals surface area contributed by atoms with E-state index in [0.717, 1.165) is 23.1 Å². The lowest BCUT2D eigenvalue weighted by Gasteiger charge is -2.03. The van der Waals surface area contributed by atoms with Gasteiger partial charge in [-0.25, -0.2) is 4.98 Å². The van der Waals surface area contributed by atoms with Crippen LogP contribution in [0.3, 0.4) is 0 Å². The van der Waals surface area contributed by atoms with Crippen LogP contribution in [-0.2, 0) is 6.42 Å². The number of hydrogen-bond donors (Lipinski definition) is 0. The Hall–Kier alpha value is -1.15. The van der Waals surface area contributed by atoms with Gasteiger partial charge in [0, 0.05) is 6.20 Å². The molecule has 0 aliphatic rings. The highest BCUT2D eigenvalue weighted by Gasteiger charge is 2.03. The van der Waals surface area contributed by atoms with Crippen molar-refractivity contribution in [3.8, 4) is 0 Å². The number of hydrogen-bond acceptors (Lipinski definition) is 2. The number of rotatable bonds is 1. The van der Waals surface area contributed by atoms with Crippen molar-refractivity contribution in [2.24, 2.45) is 0 Å². The molecule has 100 valence electrons. The van der Waals surface area contributed by atoms with Gasteiger partial charge in [0.2, 0.25) is 0 Å². The van der Waals surface area contributed by atoms with Gasteiger partial charge in [0.1, 0.15) is 5.52 Å². The summed E-state index contributed by atoms with van der Waals surface area (Å²) < 4.78 is 0. The van der Waals surface area contributed by atoms with Crippen molar-refractivity contribution in [3.05, 3.63) is 34.6 Å². The van der Waals surface area contributed by atoms with Crippen LogP contribution in [0.15, 0.2) is 18.3 Å². The second-order valence-corrected chi connectivity index (χ2v) is 3.72. The van der Waals surface area contributed by atoms with E-state index in [1.807, 2.05) is 46.8 Å². The monoisotopic (exact) mass is 266 g/mol. The first-order valence-corrected chi connectivity index (χ1v) is 7.00. The third-order valence-corrected chi connectivity index (χ3v) is 2.48. The molecule has 0 fully saturated rings. The smallest absolute Gasteiger partial charge is 0.108 e. The minimum atomic E-state index is 0.690. The molecule has 3 heteroatoms. The summed E-state index contributed by atoms with van der Waals surface area (Å²) in [6.07, 6.45) is 2.73. The van der Waals surface area contributed by atoms with Gasteiger partial charge < -0.3 is 0 Å². The fourth-order valence-electron chi connectivity index (χ4n) is 1.42. The van der Waals surface area contributed by atoms with Crippen LogP contribution in [-0.4, -0.2) is 9.97 Å². The summed E-state index contributed by atoms with van der Waals surface area (Å²) in [6.45, 7) is 12.0. The second kappa shape index (κ2) is 8.87. The molecule has 1 heterocycles. The van der Waals surface area contributed by atoms with E-state index >= 15 is 0 Å². The van der Waals surface area contributed by atoms with E-state index in [-0.39, 0.29) is 0 Å². The quantitative estimate of drug-likeness (QED) is 0.708. The topological polar surface area (TPSA) is 25.8 Å². The van der Waals surface area contributed by atoms with Gasteiger partial charge in [0.15, 0.2) is 0 Å². The van der Waals surface area contributed by atoms with E-state index in [2.05, 4.69) is 16.9 Å². The lowest BCUT2D eigenvalue weighted by molar-refractivity contribution is 1.13. The van der Waals surface area contributed by atoms with Crippen molar-refractivity contribution in [1.82, 2.24) is 9.97 Å². The van der Waals surface area contributed by atoms with Gasteiger partial charge in [-0.1, -0.05) is 46.2 Å². The third-order valence-electron chi connectivity index (χ3n) is 2.19. The van der Waals surface area contributed by atoms with Gasteiger partial charge in [0.05, 0.1) is 16.2 Å². The van der Waals surface area contributed by atoms with Crippen LogP contribution < -0.4 is 0 Å². The highest BCUT2D eigenvalue weighted by molar-refractivity contribution is 6.34. The Kier molecular flexibility index (Phi) is 8.30. The molecule has 0 N–H and O–H groups in total. The molecule has 0 unspecified atom stereocenters. The van der Waals surface area contributed by atoms with Crippen molar-refractivity contribution in [2.45, 2.75) is 48.0 Å². The molecule has 0 aliphatic heterocycles. The molecule has 0 bridgehead atoms. The minimum absolute atomic E-state index is 0.690. The van der Waals surface area contributed by atoms with E-state index < -0.39 is 0 Å². The zero-order valence-corrected chi connectivity index (χ0v) is 13.0. The van der Waals surface area contributed by atoms with Crippen LogP contribution in [0.2, 0.25) is 5.02 Å². The van der Waals surface area contributed by atoms with Crippen molar-refractivity contribution in [3.63, 3.8) is 0 Å². The predicted octanol–water partition coefficient (Wildman–Crippen LogP) is 5.21. The Balaban J connectivity index is 0.000000659. The number of aromatic nitrogens is 2. The van der Waals surface area contributed by atoms with E-state index in [0.29, 0.717) is 5.02 Å². The maximum atomic E-state index is 6.11. The summed E-state index contributed by atoms with van der Waals surface area (Å²) in [5.74, 6) is 0. The molecule has 2 aromatic rings. The van der Waals surface area contributed by atoms with Crippen LogP contribution in [0.25, 0.3) is 11.0 Å². The number of benzene rings is 1. The molecule has 1 aromatic carbocycles. The SMILES string of the molecule is CC.CC.CCc1cc(Cl)c2nc(C)cnc2c1. The van der Waals surface area contributed by atoms with Crippen molar-refractivity contribution >= 4 is 22.6 Å². The van der Waals surface area contributed by atoms with E-state index in [1.54, 1.807) is 6.20 Å². The average molecular weight is 267 g/mol. The number of fused-ring (bicyclic) bond motifs is 1. The van der Waals surface area contributed by atoms with Crippen molar-refractivity contribution in [2.75, 3.05) is 0 Å². The molecular formula is C15H23ClN2. The number of nitrogens with zero attached hydrogens (tertiary/aromatic N) is 2. The first-order valence-electron chi connectivity index (χ1n) is 6.62. The Morgan fingerprint density at radius 3 is 2.28 bits per heavy atom. The highest BCUT2D eigenvalue weighted by Crippen LogP contribution is 2.22. The summed E-state index contributed by atoms with van der Waals surface area (Å²) in [5.41, 5.74) is 3.76. The van der Waals surface area contributed by atoms with Crippen LogP contribution in [0.5, 0.6) is 0 Å². The van der Waals surface area contributed by atoms with Crippen LogP contribution in [0.4, 0.5) is 0 Å². The van der Waals surface area contributed by atoms with Gasteiger partial charge in [-0.15, -0.1) is 0 Å². The molecule has 2 nitrogen and oxygen atoms in total. The molecule has 0 saturated carbocycles. The Labute approximate surface area is 115 Å².